The van der Waals surface area contributed by atoms with Gasteiger partial charge in [-0.3, -0.25) is 4.79 Å². The SMILES string of the molecule is CCC(C(=O)N1CCOCC1(C)C)C(N)=NO. The number of nitrogens with zero attached hydrogens (tertiary/aromatic N) is 2. The van der Waals surface area contributed by atoms with Gasteiger partial charge >= 0.3 is 0 Å². The van der Waals surface area contributed by atoms with Gasteiger partial charge in [0.2, 0.25) is 5.91 Å². The van der Waals surface area contributed by atoms with Crippen molar-refractivity contribution >= 4 is 11.7 Å². The van der Waals surface area contributed by atoms with Crippen LogP contribution in [0, 0.1) is 5.92 Å². The number of amidine groups is 1. The van der Waals surface area contributed by atoms with Crippen LogP contribution in [0.15, 0.2) is 5.16 Å². The summed E-state index contributed by atoms with van der Waals surface area (Å²) in [7, 11) is 0. The highest BCUT2D eigenvalue weighted by Crippen LogP contribution is 2.22. The van der Waals surface area contributed by atoms with Gasteiger partial charge in [0, 0.05) is 6.54 Å². The van der Waals surface area contributed by atoms with Crippen molar-refractivity contribution in [2.45, 2.75) is 32.7 Å². The van der Waals surface area contributed by atoms with Gasteiger partial charge in [0.15, 0.2) is 5.84 Å². The minimum Gasteiger partial charge on any atom is -0.409 e. The molecule has 1 fully saturated rings. The summed E-state index contributed by atoms with van der Waals surface area (Å²) in [6.45, 7) is 7.31. The molecule has 1 heterocycles. The number of nitrogens with two attached hydrogens (primary N) is 1. The number of rotatable bonds is 3. The molecule has 0 aliphatic carbocycles. The number of carbonyl (C=O) groups is 1. The summed E-state index contributed by atoms with van der Waals surface area (Å²) in [5.74, 6) is -0.687. The van der Waals surface area contributed by atoms with Gasteiger partial charge in [0.05, 0.1) is 24.7 Å². The highest BCUT2D eigenvalue weighted by Gasteiger charge is 2.37. The van der Waals surface area contributed by atoms with Crippen LogP contribution < -0.4 is 5.73 Å². The first-order valence-corrected chi connectivity index (χ1v) is 5.80. The van der Waals surface area contributed by atoms with E-state index in [9.17, 15) is 4.79 Å². The molecule has 0 aromatic heterocycles. The molecule has 1 aliphatic heterocycles. The highest BCUT2D eigenvalue weighted by molar-refractivity contribution is 6.02. The summed E-state index contributed by atoms with van der Waals surface area (Å²) in [4.78, 5) is 14.1. The van der Waals surface area contributed by atoms with Crippen molar-refractivity contribution in [3.8, 4) is 0 Å². The molecule has 3 N–H and O–H groups in total. The van der Waals surface area contributed by atoms with E-state index in [1.165, 1.54) is 0 Å². The number of hydrogen-bond acceptors (Lipinski definition) is 4. The second kappa shape index (κ2) is 5.35. The first-order chi connectivity index (χ1) is 7.94. The van der Waals surface area contributed by atoms with Crippen molar-refractivity contribution in [1.29, 1.82) is 0 Å². The van der Waals surface area contributed by atoms with E-state index in [1.54, 1.807) is 4.90 Å². The molecule has 1 unspecified atom stereocenters. The van der Waals surface area contributed by atoms with E-state index in [4.69, 9.17) is 15.7 Å². The summed E-state index contributed by atoms with van der Waals surface area (Å²) >= 11 is 0. The maximum atomic E-state index is 12.3. The fraction of sp³-hybridized carbons (Fsp3) is 0.818. The van der Waals surface area contributed by atoms with Crippen molar-refractivity contribution in [1.82, 2.24) is 4.90 Å². The lowest BCUT2D eigenvalue weighted by Crippen LogP contribution is -2.58. The van der Waals surface area contributed by atoms with Crippen molar-refractivity contribution in [3.63, 3.8) is 0 Å². The normalized spacial score (nSPS) is 22.3. The molecule has 1 atom stereocenters. The van der Waals surface area contributed by atoms with E-state index in [-0.39, 0.29) is 17.3 Å². The molecule has 1 amide bonds. The van der Waals surface area contributed by atoms with E-state index in [0.29, 0.717) is 26.2 Å². The van der Waals surface area contributed by atoms with E-state index in [2.05, 4.69) is 5.16 Å². The van der Waals surface area contributed by atoms with Crippen LogP contribution >= 0.6 is 0 Å². The molecule has 0 bridgehead atoms. The van der Waals surface area contributed by atoms with Crippen molar-refractivity contribution in [3.05, 3.63) is 0 Å². The van der Waals surface area contributed by atoms with E-state index < -0.39 is 5.92 Å². The minimum atomic E-state index is -0.558. The van der Waals surface area contributed by atoms with Crippen LogP contribution in [0.25, 0.3) is 0 Å². The van der Waals surface area contributed by atoms with Gasteiger partial charge < -0.3 is 20.6 Å². The molecule has 0 radical (unpaired) electrons. The Kier molecular flexibility index (Phi) is 4.34. The van der Waals surface area contributed by atoms with Gasteiger partial charge in [0.1, 0.15) is 0 Å². The number of hydrogen-bond donors (Lipinski definition) is 2. The first kappa shape index (κ1) is 13.8. The predicted octanol–water partition coefficient (Wildman–Crippen LogP) is 0.396. The van der Waals surface area contributed by atoms with Gasteiger partial charge in [-0.05, 0) is 20.3 Å². The molecule has 1 aliphatic rings. The van der Waals surface area contributed by atoms with Crippen LogP contribution in [-0.2, 0) is 9.53 Å². The van der Waals surface area contributed by atoms with E-state index in [1.807, 2.05) is 20.8 Å². The molecule has 6 nitrogen and oxygen atoms in total. The Morgan fingerprint density at radius 3 is 2.76 bits per heavy atom. The Bertz CT molecular complexity index is 315. The average molecular weight is 243 g/mol. The second-order valence-electron chi connectivity index (χ2n) is 4.84. The summed E-state index contributed by atoms with van der Waals surface area (Å²) in [5.41, 5.74) is 5.20. The zero-order valence-electron chi connectivity index (χ0n) is 10.6. The average Bonchev–Trinajstić information content (AvgIpc) is 2.28. The molecule has 1 saturated heterocycles. The number of oxime groups is 1. The molecule has 6 heteroatoms. The van der Waals surface area contributed by atoms with Crippen LogP contribution in [0.3, 0.4) is 0 Å². The van der Waals surface area contributed by atoms with Crippen molar-refractivity contribution in [2.24, 2.45) is 16.8 Å². The molecule has 98 valence electrons. The number of ether oxygens (including phenoxy) is 1. The third kappa shape index (κ3) is 2.88. The molecule has 17 heavy (non-hydrogen) atoms. The van der Waals surface area contributed by atoms with Crippen molar-refractivity contribution < 1.29 is 14.7 Å². The Balaban J connectivity index is 2.86. The summed E-state index contributed by atoms with van der Waals surface area (Å²) in [5, 5.41) is 11.6. The lowest BCUT2D eigenvalue weighted by molar-refractivity contribution is -0.148. The Labute approximate surface area is 101 Å². The second-order valence-corrected chi connectivity index (χ2v) is 4.84. The molecular formula is C11H21N3O3. The highest BCUT2D eigenvalue weighted by atomic mass is 16.5. The van der Waals surface area contributed by atoms with E-state index in [0.717, 1.165) is 0 Å². The molecule has 1 rings (SSSR count). The molecule has 0 aromatic rings. The smallest absolute Gasteiger partial charge is 0.233 e. The zero-order chi connectivity index (χ0) is 13.1. The van der Waals surface area contributed by atoms with Crippen LogP contribution in [0.4, 0.5) is 0 Å². The predicted molar refractivity (Wildman–Crippen MR) is 63.8 cm³/mol. The maximum Gasteiger partial charge on any atom is 0.233 e. The minimum absolute atomic E-state index is 0.0280. The van der Waals surface area contributed by atoms with Crippen LogP contribution in [0.1, 0.15) is 27.2 Å². The van der Waals surface area contributed by atoms with E-state index >= 15 is 0 Å². The largest absolute Gasteiger partial charge is 0.409 e. The number of carbonyl (C=O) groups excluding carboxylic acids is 1. The van der Waals surface area contributed by atoms with Crippen molar-refractivity contribution in [2.75, 3.05) is 19.8 Å². The Morgan fingerprint density at radius 1 is 1.65 bits per heavy atom. The molecule has 0 spiro atoms. The molecule has 0 aromatic carbocycles. The van der Waals surface area contributed by atoms with Crippen LogP contribution in [-0.4, -0.2) is 47.1 Å². The fourth-order valence-corrected chi connectivity index (χ4v) is 2.03. The number of amides is 1. The Hall–Kier alpha value is -1.30. The standard InChI is InChI=1S/C11H21N3O3/c1-4-8(9(12)13-16)10(15)14-5-6-17-7-11(14,2)3/h8,16H,4-7H2,1-3H3,(H2,12,13). The summed E-state index contributed by atoms with van der Waals surface area (Å²) < 4.78 is 5.36. The first-order valence-electron chi connectivity index (χ1n) is 5.80. The lowest BCUT2D eigenvalue weighted by Gasteiger charge is -2.43. The molecule has 0 saturated carbocycles. The number of morpholine rings is 1. The zero-order valence-corrected chi connectivity index (χ0v) is 10.6. The maximum absolute atomic E-state index is 12.3. The Morgan fingerprint density at radius 2 is 2.29 bits per heavy atom. The molecular weight excluding hydrogens is 222 g/mol. The third-order valence-corrected chi connectivity index (χ3v) is 3.09. The van der Waals surface area contributed by atoms with Gasteiger partial charge in [-0.1, -0.05) is 12.1 Å². The van der Waals surface area contributed by atoms with Gasteiger partial charge in [-0.2, -0.15) is 0 Å². The topological polar surface area (TPSA) is 88.2 Å². The summed E-state index contributed by atoms with van der Waals surface area (Å²) in [6.07, 6.45) is 0.516. The fourth-order valence-electron chi connectivity index (χ4n) is 2.03. The summed E-state index contributed by atoms with van der Waals surface area (Å²) in [6, 6.07) is 0. The van der Waals surface area contributed by atoms with Gasteiger partial charge in [-0.15, -0.1) is 0 Å². The monoisotopic (exact) mass is 243 g/mol. The third-order valence-electron chi connectivity index (χ3n) is 3.09. The quantitative estimate of drug-likeness (QED) is 0.325. The van der Waals surface area contributed by atoms with Gasteiger partial charge in [-0.25, -0.2) is 0 Å². The van der Waals surface area contributed by atoms with Crippen LogP contribution in [0.2, 0.25) is 0 Å². The van der Waals surface area contributed by atoms with Gasteiger partial charge in [0.25, 0.3) is 0 Å². The lowest BCUT2D eigenvalue weighted by atomic mass is 9.97. The van der Waals surface area contributed by atoms with Crippen LogP contribution in [0.5, 0.6) is 0 Å².